The molecule has 0 radical (unpaired) electrons. The summed E-state index contributed by atoms with van der Waals surface area (Å²) < 4.78 is 0. The molecule has 0 saturated carbocycles. The van der Waals surface area contributed by atoms with Crippen LogP contribution in [0.1, 0.15) is 12.0 Å². The van der Waals surface area contributed by atoms with Gasteiger partial charge in [-0.3, -0.25) is 0 Å². The van der Waals surface area contributed by atoms with E-state index in [0.29, 0.717) is 0 Å². The van der Waals surface area contributed by atoms with Crippen LogP contribution in [0.25, 0.3) is 0 Å². The zero-order chi connectivity index (χ0) is 12.5. The van der Waals surface area contributed by atoms with Gasteiger partial charge >= 0.3 is 0 Å². The molecule has 1 aliphatic rings. The van der Waals surface area contributed by atoms with Gasteiger partial charge in [0, 0.05) is 25.3 Å². The molecule has 1 unspecified atom stereocenters. The molecule has 1 atom stereocenters. The number of hydrogen-bond acceptors (Lipinski definition) is 3. The van der Waals surface area contributed by atoms with Crippen molar-refractivity contribution in [1.82, 2.24) is 4.90 Å². The second-order valence-electron chi connectivity index (χ2n) is 5.33. The Bertz CT molecular complexity index is 372. The lowest BCUT2D eigenvalue weighted by molar-refractivity contribution is 0.184. The van der Waals surface area contributed by atoms with Crippen LogP contribution in [0.2, 0.25) is 0 Å². The summed E-state index contributed by atoms with van der Waals surface area (Å²) in [7, 11) is 4.26. The normalized spacial score (nSPS) is 24.6. The van der Waals surface area contributed by atoms with Crippen molar-refractivity contribution in [1.29, 1.82) is 0 Å². The molecule has 2 N–H and O–H groups in total. The van der Waals surface area contributed by atoms with Crippen molar-refractivity contribution in [2.75, 3.05) is 38.6 Å². The fraction of sp³-hybridized carbons (Fsp3) is 0.571. The Labute approximate surface area is 104 Å². The van der Waals surface area contributed by atoms with E-state index in [9.17, 15) is 0 Å². The minimum Gasteiger partial charge on any atom is -0.370 e. The van der Waals surface area contributed by atoms with E-state index in [1.165, 1.54) is 11.3 Å². The van der Waals surface area contributed by atoms with Gasteiger partial charge in [-0.1, -0.05) is 17.7 Å². The molecule has 0 aromatic heterocycles. The maximum absolute atomic E-state index is 5.97. The van der Waals surface area contributed by atoms with E-state index in [0.717, 1.165) is 26.1 Å². The SMILES string of the molecule is Cc1ccc(N2CCC(CN)(N(C)C)C2)cc1. The minimum atomic E-state index is 0.144. The molecule has 1 aromatic rings. The molecule has 0 spiro atoms. The lowest BCUT2D eigenvalue weighted by Gasteiger charge is -2.35. The average Bonchev–Trinajstić information content (AvgIpc) is 2.75. The quantitative estimate of drug-likeness (QED) is 0.858. The molecule has 0 amide bonds. The molecule has 1 aromatic carbocycles. The summed E-state index contributed by atoms with van der Waals surface area (Å²) in [6, 6.07) is 8.76. The van der Waals surface area contributed by atoms with Gasteiger partial charge in [0.05, 0.1) is 5.54 Å². The molecule has 94 valence electrons. The third kappa shape index (κ3) is 2.31. The van der Waals surface area contributed by atoms with E-state index >= 15 is 0 Å². The van der Waals surface area contributed by atoms with Crippen molar-refractivity contribution in [3.63, 3.8) is 0 Å². The molecular weight excluding hydrogens is 210 g/mol. The van der Waals surface area contributed by atoms with Crippen molar-refractivity contribution in [2.24, 2.45) is 5.73 Å². The van der Waals surface area contributed by atoms with Gasteiger partial charge in [-0.25, -0.2) is 0 Å². The van der Waals surface area contributed by atoms with E-state index in [4.69, 9.17) is 5.73 Å². The number of likely N-dealkylation sites (N-methyl/N-ethyl adjacent to an activating group) is 1. The van der Waals surface area contributed by atoms with Crippen molar-refractivity contribution in [3.05, 3.63) is 29.8 Å². The van der Waals surface area contributed by atoms with Crippen LogP contribution in [0.3, 0.4) is 0 Å². The van der Waals surface area contributed by atoms with Gasteiger partial charge in [0.1, 0.15) is 0 Å². The molecule has 0 bridgehead atoms. The lowest BCUT2D eigenvalue weighted by Crippen LogP contribution is -2.52. The summed E-state index contributed by atoms with van der Waals surface area (Å²) in [6.45, 7) is 4.97. The maximum atomic E-state index is 5.97. The predicted octanol–water partition coefficient (Wildman–Crippen LogP) is 1.46. The van der Waals surface area contributed by atoms with E-state index in [1.807, 2.05) is 0 Å². The van der Waals surface area contributed by atoms with Gasteiger partial charge in [0.2, 0.25) is 0 Å². The Hall–Kier alpha value is -1.06. The maximum Gasteiger partial charge on any atom is 0.0518 e. The average molecular weight is 233 g/mol. The molecule has 2 rings (SSSR count). The highest BCUT2D eigenvalue weighted by Crippen LogP contribution is 2.29. The van der Waals surface area contributed by atoms with Gasteiger partial charge < -0.3 is 15.5 Å². The molecule has 1 aliphatic heterocycles. The number of rotatable bonds is 3. The highest BCUT2D eigenvalue weighted by Gasteiger charge is 2.38. The van der Waals surface area contributed by atoms with Crippen LogP contribution in [0, 0.1) is 6.92 Å². The Morgan fingerprint density at radius 3 is 2.41 bits per heavy atom. The van der Waals surface area contributed by atoms with E-state index in [-0.39, 0.29) is 5.54 Å². The molecule has 1 saturated heterocycles. The van der Waals surface area contributed by atoms with Gasteiger partial charge in [-0.2, -0.15) is 0 Å². The lowest BCUT2D eigenvalue weighted by atomic mass is 9.97. The van der Waals surface area contributed by atoms with Crippen LogP contribution >= 0.6 is 0 Å². The van der Waals surface area contributed by atoms with Gasteiger partial charge in [-0.15, -0.1) is 0 Å². The Morgan fingerprint density at radius 1 is 1.29 bits per heavy atom. The van der Waals surface area contributed by atoms with Crippen LogP contribution in [-0.2, 0) is 0 Å². The summed E-state index contributed by atoms with van der Waals surface area (Å²) in [6.07, 6.45) is 1.14. The van der Waals surface area contributed by atoms with Crippen molar-refractivity contribution < 1.29 is 0 Å². The first-order valence-electron chi connectivity index (χ1n) is 6.26. The number of nitrogens with zero attached hydrogens (tertiary/aromatic N) is 2. The first kappa shape index (κ1) is 12.4. The second-order valence-corrected chi connectivity index (χ2v) is 5.33. The number of aryl methyl sites for hydroxylation is 1. The molecule has 17 heavy (non-hydrogen) atoms. The smallest absolute Gasteiger partial charge is 0.0518 e. The molecule has 0 aliphatic carbocycles. The molecule has 1 heterocycles. The van der Waals surface area contributed by atoms with E-state index in [2.05, 4.69) is 55.1 Å². The topological polar surface area (TPSA) is 32.5 Å². The summed E-state index contributed by atoms with van der Waals surface area (Å²) in [5.74, 6) is 0. The van der Waals surface area contributed by atoms with Gasteiger partial charge in [0.15, 0.2) is 0 Å². The minimum absolute atomic E-state index is 0.144. The highest BCUT2D eigenvalue weighted by molar-refractivity contribution is 5.49. The standard InChI is InChI=1S/C14H23N3/c1-12-4-6-13(7-5-12)17-9-8-14(10-15,11-17)16(2)3/h4-7H,8-11,15H2,1-3H3. The van der Waals surface area contributed by atoms with Crippen LogP contribution in [0.4, 0.5) is 5.69 Å². The number of nitrogens with two attached hydrogens (primary N) is 1. The fourth-order valence-corrected chi connectivity index (χ4v) is 2.55. The Kier molecular flexibility index (Phi) is 3.40. The monoisotopic (exact) mass is 233 g/mol. The summed E-state index contributed by atoms with van der Waals surface area (Å²) >= 11 is 0. The first-order valence-corrected chi connectivity index (χ1v) is 6.26. The number of anilines is 1. The third-order valence-corrected chi connectivity index (χ3v) is 4.06. The number of benzene rings is 1. The second kappa shape index (κ2) is 4.67. The third-order valence-electron chi connectivity index (χ3n) is 4.06. The predicted molar refractivity (Wildman–Crippen MR) is 73.5 cm³/mol. The van der Waals surface area contributed by atoms with Crippen LogP contribution in [0.5, 0.6) is 0 Å². The van der Waals surface area contributed by atoms with Crippen LogP contribution in [0.15, 0.2) is 24.3 Å². The zero-order valence-corrected chi connectivity index (χ0v) is 11.1. The Morgan fingerprint density at radius 2 is 1.94 bits per heavy atom. The van der Waals surface area contributed by atoms with Gasteiger partial charge in [0.25, 0.3) is 0 Å². The van der Waals surface area contributed by atoms with E-state index in [1.54, 1.807) is 0 Å². The molecule has 3 nitrogen and oxygen atoms in total. The molecule has 1 fully saturated rings. The summed E-state index contributed by atoms with van der Waals surface area (Å²) in [5, 5.41) is 0. The van der Waals surface area contributed by atoms with Crippen LogP contribution < -0.4 is 10.6 Å². The molecule has 3 heteroatoms. The largest absolute Gasteiger partial charge is 0.370 e. The Balaban J connectivity index is 2.14. The fourth-order valence-electron chi connectivity index (χ4n) is 2.55. The van der Waals surface area contributed by atoms with Gasteiger partial charge in [-0.05, 0) is 39.6 Å². The van der Waals surface area contributed by atoms with Crippen molar-refractivity contribution in [3.8, 4) is 0 Å². The zero-order valence-electron chi connectivity index (χ0n) is 11.1. The first-order chi connectivity index (χ1) is 8.07. The van der Waals surface area contributed by atoms with Crippen LogP contribution in [-0.4, -0.2) is 44.2 Å². The van der Waals surface area contributed by atoms with Crippen molar-refractivity contribution >= 4 is 5.69 Å². The highest BCUT2D eigenvalue weighted by atomic mass is 15.3. The summed E-state index contributed by atoms with van der Waals surface area (Å²) in [4.78, 5) is 4.72. The molecular formula is C14H23N3. The van der Waals surface area contributed by atoms with Crippen molar-refractivity contribution in [2.45, 2.75) is 18.9 Å². The number of hydrogen-bond donors (Lipinski definition) is 1. The summed E-state index contributed by atoms with van der Waals surface area (Å²) in [5.41, 5.74) is 8.73. The van der Waals surface area contributed by atoms with E-state index < -0.39 is 0 Å².